The number of alkyl halides is 3. The van der Waals surface area contributed by atoms with Crippen LogP contribution in [0.1, 0.15) is 38.4 Å². The zero-order chi connectivity index (χ0) is 19.8. The van der Waals surface area contributed by atoms with Crippen LogP contribution >= 0.6 is 11.3 Å². The first-order valence-corrected chi connectivity index (χ1v) is 9.30. The van der Waals surface area contributed by atoms with E-state index in [2.05, 4.69) is 25.9 Å². The van der Waals surface area contributed by atoms with Gasteiger partial charge in [-0.15, -0.1) is 11.3 Å². The number of carbonyl (C=O) groups excluding carboxylic acids is 1. The van der Waals surface area contributed by atoms with E-state index in [1.165, 1.54) is 0 Å². The summed E-state index contributed by atoms with van der Waals surface area (Å²) in [7, 11) is 0. The van der Waals surface area contributed by atoms with Gasteiger partial charge in [-0.1, -0.05) is 0 Å². The third-order valence-electron chi connectivity index (χ3n) is 3.40. The topological polar surface area (TPSA) is 78.4 Å². The van der Waals surface area contributed by atoms with Crippen LogP contribution in [0, 0.1) is 5.41 Å². The maximum absolute atomic E-state index is 12.6. The average Bonchev–Trinajstić information content (AvgIpc) is 3.02. The molecule has 148 valence electrons. The lowest BCUT2D eigenvalue weighted by atomic mass is 9.92. The summed E-state index contributed by atoms with van der Waals surface area (Å²) >= 11 is 0.984. The lowest BCUT2D eigenvalue weighted by molar-refractivity contribution is -0.140. The second-order valence-electron chi connectivity index (χ2n) is 6.24. The van der Waals surface area contributed by atoms with Crippen molar-refractivity contribution >= 4 is 23.2 Å². The van der Waals surface area contributed by atoms with Gasteiger partial charge >= 0.3 is 6.18 Å². The van der Waals surface area contributed by atoms with Crippen molar-refractivity contribution in [3.05, 3.63) is 16.1 Å². The molecule has 1 rings (SSSR count). The third-order valence-corrected chi connectivity index (χ3v) is 4.31. The van der Waals surface area contributed by atoms with Crippen molar-refractivity contribution < 1.29 is 18.0 Å². The zero-order valence-electron chi connectivity index (χ0n) is 15.5. The van der Waals surface area contributed by atoms with E-state index in [1.807, 2.05) is 13.8 Å². The number of hydrogen-bond acceptors (Lipinski definition) is 4. The van der Waals surface area contributed by atoms with Crippen molar-refractivity contribution in [2.45, 2.75) is 40.3 Å². The molecule has 0 fully saturated rings. The first-order chi connectivity index (χ1) is 12.1. The van der Waals surface area contributed by atoms with Crippen molar-refractivity contribution in [2.24, 2.45) is 10.4 Å². The van der Waals surface area contributed by atoms with Gasteiger partial charge in [-0.05, 0) is 27.7 Å². The molecule has 0 radical (unpaired) electrons. The number of halogens is 3. The van der Waals surface area contributed by atoms with Crippen LogP contribution in [0.4, 0.5) is 13.2 Å². The van der Waals surface area contributed by atoms with Gasteiger partial charge in [0, 0.05) is 31.4 Å². The highest BCUT2D eigenvalue weighted by molar-refractivity contribution is 7.09. The molecule has 0 aliphatic carbocycles. The largest absolute Gasteiger partial charge is 0.434 e. The molecule has 0 spiro atoms. The van der Waals surface area contributed by atoms with Crippen LogP contribution in [-0.4, -0.2) is 43.0 Å². The van der Waals surface area contributed by atoms with Crippen LogP contribution in [-0.2, 0) is 17.4 Å². The molecule has 0 bridgehead atoms. The minimum absolute atomic E-state index is 0.0814. The number of amides is 1. The number of nitrogens with one attached hydrogen (secondary N) is 3. The van der Waals surface area contributed by atoms with Gasteiger partial charge < -0.3 is 16.0 Å². The molecule has 0 saturated carbocycles. The smallest absolute Gasteiger partial charge is 0.357 e. The molecule has 1 heterocycles. The van der Waals surface area contributed by atoms with E-state index in [0.29, 0.717) is 37.0 Å². The summed E-state index contributed by atoms with van der Waals surface area (Å²) in [6, 6.07) is 0. The molecule has 0 aromatic carbocycles. The van der Waals surface area contributed by atoms with Crippen molar-refractivity contribution in [3.63, 3.8) is 0 Å². The first kappa shape index (κ1) is 22.2. The normalized spacial score (nSPS) is 12.8. The van der Waals surface area contributed by atoms with Gasteiger partial charge in [0.1, 0.15) is 0 Å². The van der Waals surface area contributed by atoms with Gasteiger partial charge in [0.25, 0.3) is 0 Å². The number of guanidine groups is 1. The van der Waals surface area contributed by atoms with Crippen LogP contribution in [0.2, 0.25) is 0 Å². The number of rotatable bonds is 8. The highest BCUT2D eigenvalue weighted by atomic mass is 32.1. The summed E-state index contributed by atoms with van der Waals surface area (Å²) in [5.41, 5.74) is -1.52. The van der Waals surface area contributed by atoms with Crippen LogP contribution in [0.15, 0.2) is 10.4 Å². The Morgan fingerprint density at radius 1 is 1.19 bits per heavy atom. The number of carbonyl (C=O) groups is 1. The van der Waals surface area contributed by atoms with E-state index in [-0.39, 0.29) is 12.5 Å². The monoisotopic (exact) mass is 393 g/mol. The fraction of sp³-hybridized carbons (Fsp3) is 0.688. The highest BCUT2D eigenvalue weighted by Crippen LogP contribution is 2.29. The van der Waals surface area contributed by atoms with Gasteiger partial charge in [-0.3, -0.25) is 9.79 Å². The van der Waals surface area contributed by atoms with Gasteiger partial charge in [0.2, 0.25) is 5.91 Å². The fourth-order valence-electron chi connectivity index (χ4n) is 1.93. The Bertz CT molecular complexity index is 613. The van der Waals surface area contributed by atoms with E-state index in [9.17, 15) is 18.0 Å². The maximum atomic E-state index is 12.6. The van der Waals surface area contributed by atoms with Gasteiger partial charge in [-0.2, -0.15) is 13.2 Å². The second-order valence-corrected chi connectivity index (χ2v) is 7.18. The van der Waals surface area contributed by atoms with E-state index in [4.69, 9.17) is 0 Å². The van der Waals surface area contributed by atoms with E-state index in [1.54, 1.807) is 13.8 Å². The number of hydrogen-bond donors (Lipinski definition) is 3. The Labute approximate surface area is 155 Å². The summed E-state index contributed by atoms with van der Waals surface area (Å²) in [6.45, 7) is 9.22. The molecule has 0 aliphatic heterocycles. The lowest BCUT2D eigenvalue weighted by Crippen LogP contribution is -2.42. The highest BCUT2D eigenvalue weighted by Gasteiger charge is 2.33. The van der Waals surface area contributed by atoms with E-state index >= 15 is 0 Å². The number of aromatic nitrogens is 1. The SMILES string of the molecule is CCNC(=O)C(C)(C)CN=C(NCC)NCCc1nc(C(F)(F)F)cs1. The Balaban J connectivity index is 2.59. The molecule has 26 heavy (non-hydrogen) atoms. The Kier molecular flexibility index (Phi) is 8.32. The summed E-state index contributed by atoms with van der Waals surface area (Å²) < 4.78 is 37.7. The Morgan fingerprint density at radius 2 is 1.85 bits per heavy atom. The third kappa shape index (κ3) is 7.19. The standard InChI is InChI=1S/C16H26F3N5OS/c1-5-20-13(25)15(3,4)10-23-14(21-6-2)22-8-7-12-24-11(9-26-12)16(17,18)19/h9H,5-8,10H2,1-4H3,(H,20,25)(H2,21,22,23). The van der Waals surface area contributed by atoms with Crippen molar-refractivity contribution in [1.82, 2.24) is 20.9 Å². The molecule has 0 aliphatic rings. The molecule has 10 heteroatoms. The Hall–Kier alpha value is -1.84. The predicted octanol–water partition coefficient (Wildman–Crippen LogP) is 2.42. The van der Waals surface area contributed by atoms with Crippen LogP contribution in [0.5, 0.6) is 0 Å². The minimum atomic E-state index is -4.41. The van der Waals surface area contributed by atoms with Crippen LogP contribution < -0.4 is 16.0 Å². The average molecular weight is 393 g/mol. The van der Waals surface area contributed by atoms with E-state index < -0.39 is 17.3 Å². The molecule has 0 atom stereocenters. The lowest BCUT2D eigenvalue weighted by Gasteiger charge is -2.22. The molecule has 3 N–H and O–H groups in total. The quantitative estimate of drug-likeness (QED) is 0.468. The van der Waals surface area contributed by atoms with Gasteiger partial charge in [0.15, 0.2) is 11.7 Å². The zero-order valence-corrected chi connectivity index (χ0v) is 16.3. The fourth-order valence-corrected chi connectivity index (χ4v) is 2.74. The molecule has 0 unspecified atom stereocenters. The summed E-state index contributed by atoms with van der Waals surface area (Å²) in [5, 5.41) is 10.3. The Morgan fingerprint density at radius 3 is 2.38 bits per heavy atom. The first-order valence-electron chi connectivity index (χ1n) is 8.42. The molecular weight excluding hydrogens is 367 g/mol. The molecule has 0 saturated heterocycles. The predicted molar refractivity (Wildman–Crippen MR) is 97.3 cm³/mol. The summed E-state index contributed by atoms with van der Waals surface area (Å²) in [4.78, 5) is 20.0. The molecule has 1 aromatic rings. The van der Waals surface area contributed by atoms with Gasteiger partial charge in [-0.25, -0.2) is 4.98 Å². The minimum Gasteiger partial charge on any atom is -0.357 e. The molecule has 6 nitrogen and oxygen atoms in total. The van der Waals surface area contributed by atoms with Crippen molar-refractivity contribution in [3.8, 4) is 0 Å². The molecule has 1 aromatic heterocycles. The summed E-state index contributed by atoms with van der Waals surface area (Å²) in [5.74, 6) is 0.430. The molecular formula is C16H26F3N5OS. The number of thiazole rings is 1. The van der Waals surface area contributed by atoms with Crippen LogP contribution in [0.3, 0.4) is 0 Å². The number of nitrogens with zero attached hydrogens (tertiary/aromatic N) is 2. The van der Waals surface area contributed by atoms with Gasteiger partial charge in [0.05, 0.1) is 17.0 Å². The molecule has 1 amide bonds. The summed E-state index contributed by atoms with van der Waals surface area (Å²) in [6.07, 6.45) is -4.06. The van der Waals surface area contributed by atoms with E-state index in [0.717, 1.165) is 16.7 Å². The van der Waals surface area contributed by atoms with Crippen LogP contribution in [0.25, 0.3) is 0 Å². The number of aliphatic imine (C=N–C) groups is 1. The van der Waals surface area contributed by atoms with Crippen molar-refractivity contribution in [2.75, 3.05) is 26.2 Å². The maximum Gasteiger partial charge on any atom is 0.434 e. The second kappa shape index (κ2) is 9.75. The van der Waals surface area contributed by atoms with Crippen molar-refractivity contribution in [1.29, 1.82) is 0 Å².